The second-order valence-electron chi connectivity index (χ2n) is 14.3. The number of nitrogens with two attached hydrogens (primary N) is 2. The van der Waals surface area contributed by atoms with Crippen LogP contribution in [-0.4, -0.2) is 71.0 Å². The van der Waals surface area contributed by atoms with Crippen LogP contribution in [0.15, 0.2) is 65.3 Å². The fourth-order valence-electron chi connectivity index (χ4n) is 8.11. The molecule has 1 aromatic heterocycles. The number of benzene rings is 2. The first-order valence-corrected chi connectivity index (χ1v) is 18.5. The summed E-state index contributed by atoms with van der Waals surface area (Å²) in [7, 11) is 0. The van der Waals surface area contributed by atoms with Crippen molar-refractivity contribution in [1.29, 1.82) is 0 Å². The van der Waals surface area contributed by atoms with Crippen LogP contribution in [0.2, 0.25) is 0 Å². The lowest BCUT2D eigenvalue weighted by atomic mass is 9.69. The van der Waals surface area contributed by atoms with E-state index in [-0.39, 0.29) is 42.5 Å². The van der Waals surface area contributed by atoms with Gasteiger partial charge >= 0.3 is 5.97 Å². The van der Waals surface area contributed by atoms with E-state index in [9.17, 15) is 24.6 Å². The van der Waals surface area contributed by atoms with Crippen molar-refractivity contribution in [1.82, 2.24) is 10.3 Å². The Bertz CT molecular complexity index is 1670. The van der Waals surface area contributed by atoms with Crippen LogP contribution in [0.3, 0.4) is 0 Å². The van der Waals surface area contributed by atoms with Gasteiger partial charge < -0.3 is 46.9 Å². The number of aromatic amines is 1. The summed E-state index contributed by atoms with van der Waals surface area (Å²) in [5, 5.41) is 28.4. The van der Waals surface area contributed by atoms with E-state index in [0.717, 1.165) is 85.2 Å². The van der Waals surface area contributed by atoms with E-state index in [4.69, 9.17) is 11.5 Å². The van der Waals surface area contributed by atoms with Gasteiger partial charge in [-0.3, -0.25) is 4.99 Å². The fourth-order valence-corrected chi connectivity index (χ4v) is 8.11. The molecule has 5 rings (SSSR count). The molecule has 0 saturated carbocycles. The van der Waals surface area contributed by atoms with Gasteiger partial charge in [-0.25, -0.2) is 4.79 Å². The molecule has 0 unspecified atom stereocenters. The summed E-state index contributed by atoms with van der Waals surface area (Å²) in [5.74, 6) is 0.493. The number of aliphatic hydroxyl groups excluding tert-OH is 1. The minimum atomic E-state index is -1.00. The fraction of sp³-hybridized carbons (Fsp3) is 0.500. The molecule has 2 aromatic carbocycles. The van der Waals surface area contributed by atoms with E-state index >= 15 is 0 Å². The number of carboxylic acids is 1. The van der Waals surface area contributed by atoms with Gasteiger partial charge in [-0.1, -0.05) is 36.8 Å². The number of hydrogen-bond donors (Lipinski definition) is 7. The molecule has 0 spiro atoms. The molecule has 2 heterocycles. The average Bonchev–Trinajstić information content (AvgIpc) is 3.63. The third-order valence-electron chi connectivity index (χ3n) is 10.7. The van der Waals surface area contributed by atoms with Gasteiger partial charge in [-0.2, -0.15) is 0 Å². The third kappa shape index (κ3) is 10.5. The molecule has 274 valence electrons. The number of H-pyrrole nitrogens is 1. The monoisotopic (exact) mass is 698 g/mol. The second kappa shape index (κ2) is 18.7. The van der Waals surface area contributed by atoms with Crippen LogP contribution in [0, 0.1) is 11.8 Å². The summed E-state index contributed by atoms with van der Waals surface area (Å²) in [5.41, 5.74) is 17.1. The summed E-state index contributed by atoms with van der Waals surface area (Å²) in [6.45, 7) is 0.603. The van der Waals surface area contributed by atoms with Crippen molar-refractivity contribution in [3.05, 3.63) is 77.0 Å². The summed E-state index contributed by atoms with van der Waals surface area (Å²) in [6.07, 6.45) is 14.1. The molecule has 11 nitrogen and oxygen atoms in total. The number of carboxylic acid groups (broad SMARTS) is 1. The van der Waals surface area contributed by atoms with Crippen LogP contribution in [-0.2, 0) is 27.2 Å². The molecule has 0 radical (unpaired) electrons. The van der Waals surface area contributed by atoms with Gasteiger partial charge in [0.05, 0.1) is 12.1 Å². The minimum absolute atomic E-state index is 0.0255. The predicted molar refractivity (Wildman–Crippen MR) is 202 cm³/mol. The van der Waals surface area contributed by atoms with Crippen molar-refractivity contribution in [2.75, 3.05) is 18.5 Å². The lowest BCUT2D eigenvalue weighted by molar-refractivity contribution is -0.131. The van der Waals surface area contributed by atoms with E-state index in [1.807, 2.05) is 24.4 Å². The number of aliphatic imine (C=N–C) groups is 1. The summed E-state index contributed by atoms with van der Waals surface area (Å²) < 4.78 is 0. The maximum absolute atomic E-state index is 12.3. The van der Waals surface area contributed by atoms with Crippen molar-refractivity contribution in [3.8, 4) is 0 Å². The maximum Gasteiger partial charge on any atom is 0.328 e. The van der Waals surface area contributed by atoms with Crippen LogP contribution >= 0.6 is 0 Å². The molecule has 0 saturated heterocycles. The molecule has 0 fully saturated rings. The summed E-state index contributed by atoms with van der Waals surface area (Å²) in [4.78, 5) is 42.7. The number of aliphatic carboxylic acids is 1. The number of hydrogen-bond acceptors (Lipinski definition) is 9. The lowest BCUT2D eigenvalue weighted by Crippen LogP contribution is -2.48. The molecule has 11 heteroatoms. The number of nitrogens with zero attached hydrogens (tertiary/aromatic N) is 1. The number of aryl methyl sites for hydroxylation is 1. The topological polar surface area (TPSA) is 196 Å². The molecule has 6 atom stereocenters. The number of aromatic nitrogens is 1. The number of rotatable bonds is 20. The number of carbonyl (C=O) groups is 3. The Morgan fingerprint density at radius 1 is 1.06 bits per heavy atom. The van der Waals surface area contributed by atoms with Gasteiger partial charge in [0.15, 0.2) is 5.96 Å². The Hall–Kier alpha value is -4.48. The highest BCUT2D eigenvalue weighted by Gasteiger charge is 2.35. The number of guanidine groups is 1. The molecule has 3 aromatic rings. The third-order valence-corrected chi connectivity index (χ3v) is 10.7. The Kier molecular flexibility index (Phi) is 13.8. The molecular weight excluding hydrogens is 644 g/mol. The zero-order valence-electron chi connectivity index (χ0n) is 29.4. The van der Waals surface area contributed by atoms with Gasteiger partial charge in [0.1, 0.15) is 18.4 Å². The number of fused-ring (bicyclic) bond motifs is 2. The summed E-state index contributed by atoms with van der Waals surface area (Å²) >= 11 is 0. The van der Waals surface area contributed by atoms with Crippen molar-refractivity contribution >= 4 is 41.1 Å². The number of anilines is 1. The molecule has 1 aliphatic carbocycles. The highest BCUT2D eigenvalue weighted by Crippen LogP contribution is 2.44. The molecular formula is C40H54N6O5. The van der Waals surface area contributed by atoms with Gasteiger partial charge in [0.25, 0.3) is 0 Å². The Labute approximate surface area is 300 Å². The molecule has 51 heavy (non-hydrogen) atoms. The van der Waals surface area contributed by atoms with Crippen molar-refractivity contribution in [2.45, 2.75) is 101 Å². The summed E-state index contributed by atoms with van der Waals surface area (Å²) in [6, 6.07) is 14.1. The van der Waals surface area contributed by atoms with Crippen molar-refractivity contribution in [3.63, 3.8) is 0 Å². The minimum Gasteiger partial charge on any atom is -0.478 e. The average molecular weight is 699 g/mol. The van der Waals surface area contributed by atoms with Crippen LogP contribution in [0.1, 0.15) is 86.8 Å². The van der Waals surface area contributed by atoms with E-state index in [1.165, 1.54) is 17.2 Å². The largest absolute Gasteiger partial charge is 0.478 e. The van der Waals surface area contributed by atoms with Crippen molar-refractivity contribution < 1.29 is 24.6 Å². The van der Waals surface area contributed by atoms with Gasteiger partial charge in [0.2, 0.25) is 0 Å². The quantitative estimate of drug-likeness (QED) is 0.0629. The zero-order chi connectivity index (χ0) is 36.2. The molecule has 0 bridgehead atoms. The maximum atomic E-state index is 12.3. The first-order chi connectivity index (χ1) is 24.8. The van der Waals surface area contributed by atoms with Crippen LogP contribution < -0.4 is 22.1 Å². The Balaban J connectivity index is 1.43. The standard InChI is InChI=1S/C40H54N6O5/c41-32(13-9-27(25-49)4-3-18-47)5-1-6-33-30(12-11-29-21-28-10-8-26(15-19-48)20-31(28)22-34(29)33)23-37(45-38-7-2-16-43-38)35(24-39(50)51)36-14-17-44-40(42)46-36/h2,7-8,10,16,19-22,24-25,27,30,32-33,36-37,43,45,47H,1,3-6,9,11-15,17-18,23,41H2,(H,50,51)(H3,42,44,46)/b35-24+/t27-,30-,32-,33-,36-,37-/m1/s1. The van der Waals surface area contributed by atoms with E-state index < -0.39 is 5.97 Å². The predicted octanol–water partition coefficient (Wildman–Crippen LogP) is 4.98. The first-order valence-electron chi connectivity index (χ1n) is 18.5. The van der Waals surface area contributed by atoms with E-state index in [0.29, 0.717) is 44.6 Å². The van der Waals surface area contributed by atoms with Gasteiger partial charge in [-0.05, 0) is 121 Å². The molecule has 1 aliphatic heterocycles. The lowest BCUT2D eigenvalue weighted by Gasteiger charge is -2.39. The van der Waals surface area contributed by atoms with Crippen LogP contribution in [0.4, 0.5) is 5.82 Å². The highest BCUT2D eigenvalue weighted by molar-refractivity contribution is 5.86. The van der Waals surface area contributed by atoms with E-state index in [1.54, 1.807) is 0 Å². The van der Waals surface area contributed by atoms with Crippen molar-refractivity contribution in [2.24, 2.45) is 28.3 Å². The Morgan fingerprint density at radius 2 is 1.92 bits per heavy atom. The molecule has 0 amide bonds. The highest BCUT2D eigenvalue weighted by atomic mass is 16.4. The normalized spacial score (nSPS) is 20.8. The number of carbonyl (C=O) groups excluding carboxylic acids is 2. The number of aliphatic hydroxyl groups is 1. The number of aldehydes is 2. The SMILES string of the molecule is NC1=NCC[C@H](/C(=C\C(=O)O)[C@@H](C[C@H]2CCc3cc4ccc(CC=O)cc4cc3[C@@H]2CCC[C@@H](N)CC[C@H](C=O)CCCO)Nc2ccc[nH]2)N1. The van der Waals surface area contributed by atoms with Crippen LogP contribution in [0.25, 0.3) is 10.8 Å². The molecule has 2 aliphatic rings. The van der Waals surface area contributed by atoms with Crippen LogP contribution in [0.5, 0.6) is 0 Å². The molecule has 9 N–H and O–H groups in total. The first kappa shape index (κ1) is 37.8. The van der Waals surface area contributed by atoms with Gasteiger partial charge in [-0.15, -0.1) is 0 Å². The second-order valence-corrected chi connectivity index (χ2v) is 14.3. The van der Waals surface area contributed by atoms with Gasteiger partial charge in [0, 0.05) is 43.8 Å². The zero-order valence-corrected chi connectivity index (χ0v) is 29.4. The smallest absolute Gasteiger partial charge is 0.328 e. The number of nitrogens with one attached hydrogen (secondary N) is 3. The van der Waals surface area contributed by atoms with E-state index in [2.05, 4.69) is 44.9 Å². The Morgan fingerprint density at radius 3 is 2.65 bits per heavy atom.